The highest BCUT2D eigenvalue weighted by molar-refractivity contribution is 7.89. The zero-order chi connectivity index (χ0) is 18.7. The Bertz CT molecular complexity index is 880. The number of nitrogens with zero attached hydrogens (tertiary/aromatic N) is 3. The largest absolute Gasteiger partial charge is 0.497 e. The van der Waals surface area contributed by atoms with Gasteiger partial charge in [0.15, 0.2) is 0 Å². The predicted octanol–water partition coefficient (Wildman–Crippen LogP) is 1.90. The maximum absolute atomic E-state index is 12.9. The van der Waals surface area contributed by atoms with Crippen LogP contribution in [0.2, 0.25) is 0 Å². The molecule has 0 aliphatic carbocycles. The molecule has 1 aromatic carbocycles. The van der Waals surface area contributed by atoms with E-state index in [1.165, 1.54) is 34.9 Å². The number of hydrogen-bond acceptors (Lipinski definition) is 7. The minimum atomic E-state index is -3.77. The Morgan fingerprint density at radius 1 is 1.35 bits per heavy atom. The van der Waals surface area contributed by atoms with Crippen molar-refractivity contribution in [1.82, 2.24) is 14.5 Å². The number of carbonyl (C=O) groups excluding carboxylic acids is 1. The van der Waals surface area contributed by atoms with Crippen LogP contribution in [0.25, 0.3) is 0 Å². The van der Waals surface area contributed by atoms with Crippen molar-refractivity contribution in [2.24, 2.45) is 0 Å². The molecule has 1 atom stereocenters. The number of rotatable bonds is 6. The minimum absolute atomic E-state index is 0.141. The first-order valence-corrected chi connectivity index (χ1v) is 10.5. The Kier molecular flexibility index (Phi) is 5.54. The van der Waals surface area contributed by atoms with Crippen LogP contribution in [-0.4, -0.2) is 48.5 Å². The van der Waals surface area contributed by atoms with Gasteiger partial charge in [-0.25, -0.2) is 8.42 Å². The topological polar surface area (TPSA) is 101 Å². The Balaban J connectivity index is 1.78. The fourth-order valence-electron chi connectivity index (χ4n) is 2.81. The number of sulfonamides is 1. The van der Waals surface area contributed by atoms with Gasteiger partial charge in [0.1, 0.15) is 16.8 Å². The third-order valence-electron chi connectivity index (χ3n) is 4.17. The van der Waals surface area contributed by atoms with Gasteiger partial charge in [0.25, 0.3) is 0 Å². The molecular formula is C16H20N4O4S2. The molecule has 1 aliphatic rings. The molecule has 8 nitrogen and oxygen atoms in total. The molecule has 1 aliphatic heterocycles. The van der Waals surface area contributed by atoms with Gasteiger partial charge in [-0.3, -0.25) is 10.1 Å². The highest BCUT2D eigenvalue weighted by Gasteiger charge is 2.39. The Morgan fingerprint density at radius 2 is 2.08 bits per heavy atom. The second-order valence-electron chi connectivity index (χ2n) is 5.79. The lowest BCUT2D eigenvalue weighted by atomic mass is 10.2. The van der Waals surface area contributed by atoms with E-state index in [1.54, 1.807) is 12.1 Å². The first kappa shape index (κ1) is 18.7. The number of aromatic nitrogens is 2. The normalized spacial score (nSPS) is 18.0. The average molecular weight is 396 g/mol. The lowest BCUT2D eigenvalue weighted by molar-refractivity contribution is -0.119. The van der Waals surface area contributed by atoms with E-state index in [9.17, 15) is 13.2 Å². The van der Waals surface area contributed by atoms with Gasteiger partial charge in [-0.1, -0.05) is 18.3 Å². The summed E-state index contributed by atoms with van der Waals surface area (Å²) < 4.78 is 32.2. The van der Waals surface area contributed by atoms with Crippen LogP contribution in [0.1, 0.15) is 24.8 Å². The van der Waals surface area contributed by atoms with E-state index in [0.29, 0.717) is 30.3 Å². The number of hydrogen-bond donors (Lipinski definition) is 1. The summed E-state index contributed by atoms with van der Waals surface area (Å²) in [5.41, 5.74) is 0. The van der Waals surface area contributed by atoms with Crippen molar-refractivity contribution in [3.05, 3.63) is 29.3 Å². The number of amides is 1. The first-order valence-electron chi connectivity index (χ1n) is 8.25. The summed E-state index contributed by atoms with van der Waals surface area (Å²) in [6.07, 6.45) is 1.83. The summed E-state index contributed by atoms with van der Waals surface area (Å²) in [7, 11) is -2.25. The number of nitrogens with one attached hydrogen (secondary N) is 1. The highest BCUT2D eigenvalue weighted by Crippen LogP contribution is 2.28. The average Bonchev–Trinajstić information content (AvgIpc) is 3.31. The molecule has 1 aromatic heterocycles. The molecule has 0 spiro atoms. The summed E-state index contributed by atoms with van der Waals surface area (Å²) in [6.45, 7) is 2.26. The second kappa shape index (κ2) is 7.68. The molecule has 0 bridgehead atoms. The molecule has 2 heterocycles. The van der Waals surface area contributed by atoms with E-state index in [2.05, 4.69) is 15.5 Å². The number of anilines is 1. The Hall–Kier alpha value is -2.04. The summed E-state index contributed by atoms with van der Waals surface area (Å²) >= 11 is 1.29. The van der Waals surface area contributed by atoms with Crippen LogP contribution < -0.4 is 10.1 Å². The van der Waals surface area contributed by atoms with Crippen LogP contribution in [0.3, 0.4) is 0 Å². The first-order chi connectivity index (χ1) is 12.5. The summed E-state index contributed by atoms with van der Waals surface area (Å²) in [4.78, 5) is 12.7. The van der Waals surface area contributed by atoms with Gasteiger partial charge in [0, 0.05) is 6.54 Å². The molecular weight excluding hydrogens is 376 g/mol. The lowest BCUT2D eigenvalue weighted by Crippen LogP contribution is -2.43. The molecule has 1 saturated heterocycles. The monoisotopic (exact) mass is 396 g/mol. The van der Waals surface area contributed by atoms with Crippen molar-refractivity contribution in [2.75, 3.05) is 19.0 Å². The standard InChI is InChI=1S/C16H20N4O4S2/c1-3-14-18-19-16(25-14)17-15(21)13-5-4-10-20(13)26(22,23)12-8-6-11(24-2)7-9-12/h6-9,13H,3-5,10H2,1-2H3,(H,17,19,21)/t13-/m0/s1. The minimum Gasteiger partial charge on any atom is -0.497 e. The molecule has 26 heavy (non-hydrogen) atoms. The number of aryl methyl sites for hydroxylation is 1. The number of ether oxygens (including phenoxy) is 1. The fraction of sp³-hybridized carbons (Fsp3) is 0.438. The van der Waals surface area contributed by atoms with E-state index in [-0.39, 0.29) is 10.8 Å². The molecule has 10 heteroatoms. The van der Waals surface area contributed by atoms with Crippen molar-refractivity contribution in [3.63, 3.8) is 0 Å². The number of benzene rings is 1. The van der Waals surface area contributed by atoms with Crippen molar-refractivity contribution in [3.8, 4) is 5.75 Å². The zero-order valence-corrected chi connectivity index (χ0v) is 16.1. The van der Waals surface area contributed by atoms with Crippen LogP contribution >= 0.6 is 11.3 Å². The predicted molar refractivity (Wildman–Crippen MR) is 97.8 cm³/mol. The highest BCUT2D eigenvalue weighted by atomic mass is 32.2. The van der Waals surface area contributed by atoms with Crippen molar-refractivity contribution in [1.29, 1.82) is 0 Å². The van der Waals surface area contributed by atoms with Crippen LogP contribution in [0, 0.1) is 0 Å². The van der Waals surface area contributed by atoms with Crippen LogP contribution in [0.5, 0.6) is 5.75 Å². The summed E-state index contributed by atoms with van der Waals surface area (Å²) in [5.74, 6) is 0.195. The maximum atomic E-state index is 12.9. The summed E-state index contributed by atoms with van der Waals surface area (Å²) in [5, 5.41) is 11.8. The quantitative estimate of drug-likeness (QED) is 0.800. The van der Waals surface area contributed by atoms with Gasteiger partial charge < -0.3 is 4.74 Å². The number of carbonyl (C=O) groups is 1. The molecule has 1 amide bonds. The third kappa shape index (κ3) is 3.71. The van der Waals surface area contributed by atoms with Gasteiger partial charge in [-0.15, -0.1) is 10.2 Å². The van der Waals surface area contributed by atoms with Gasteiger partial charge in [-0.05, 0) is 43.5 Å². The smallest absolute Gasteiger partial charge is 0.244 e. The summed E-state index contributed by atoms with van der Waals surface area (Å²) in [6, 6.07) is 5.40. The van der Waals surface area contributed by atoms with Gasteiger partial charge in [0.2, 0.25) is 21.1 Å². The van der Waals surface area contributed by atoms with Crippen molar-refractivity contribution >= 4 is 32.4 Å². The van der Waals surface area contributed by atoms with E-state index >= 15 is 0 Å². The molecule has 3 rings (SSSR count). The Labute approximate surface area is 156 Å². The van der Waals surface area contributed by atoms with Gasteiger partial charge >= 0.3 is 0 Å². The van der Waals surface area contributed by atoms with E-state index in [4.69, 9.17) is 4.74 Å². The lowest BCUT2D eigenvalue weighted by Gasteiger charge is -2.23. The maximum Gasteiger partial charge on any atom is 0.244 e. The third-order valence-corrected chi connectivity index (χ3v) is 7.08. The molecule has 0 saturated carbocycles. The molecule has 0 radical (unpaired) electrons. The fourth-order valence-corrected chi connectivity index (χ4v) is 5.15. The van der Waals surface area contributed by atoms with Gasteiger partial charge in [-0.2, -0.15) is 4.31 Å². The van der Waals surface area contributed by atoms with E-state index in [1.807, 2.05) is 6.92 Å². The second-order valence-corrected chi connectivity index (χ2v) is 8.75. The molecule has 0 unspecified atom stereocenters. The van der Waals surface area contributed by atoms with Crippen molar-refractivity contribution < 1.29 is 17.9 Å². The number of methoxy groups -OCH3 is 1. The van der Waals surface area contributed by atoms with Crippen LogP contribution in [-0.2, 0) is 21.2 Å². The van der Waals surface area contributed by atoms with Crippen LogP contribution in [0.15, 0.2) is 29.2 Å². The molecule has 2 aromatic rings. The molecule has 140 valence electrons. The zero-order valence-electron chi connectivity index (χ0n) is 14.5. The van der Waals surface area contributed by atoms with E-state index in [0.717, 1.165) is 11.4 Å². The van der Waals surface area contributed by atoms with E-state index < -0.39 is 16.1 Å². The Morgan fingerprint density at radius 3 is 2.69 bits per heavy atom. The molecule has 1 fully saturated rings. The van der Waals surface area contributed by atoms with Gasteiger partial charge in [0.05, 0.1) is 12.0 Å². The van der Waals surface area contributed by atoms with Crippen LogP contribution in [0.4, 0.5) is 5.13 Å². The van der Waals surface area contributed by atoms with Crippen molar-refractivity contribution in [2.45, 2.75) is 37.1 Å². The molecule has 1 N–H and O–H groups in total. The SMILES string of the molecule is CCc1nnc(NC(=O)[C@@H]2CCCN2S(=O)(=O)c2ccc(OC)cc2)s1.